The summed E-state index contributed by atoms with van der Waals surface area (Å²) in [7, 11) is 1.30. The number of esters is 5. The molecule has 0 unspecified atom stereocenters. The first-order valence-corrected chi connectivity index (χ1v) is 16.2. The number of amides is 1. The first-order chi connectivity index (χ1) is 21.7. The zero-order valence-electron chi connectivity index (χ0n) is 26.8. The van der Waals surface area contributed by atoms with Crippen molar-refractivity contribution in [2.75, 3.05) is 31.0 Å². The van der Waals surface area contributed by atoms with Gasteiger partial charge in [0.25, 0.3) is 0 Å². The van der Waals surface area contributed by atoms with Gasteiger partial charge >= 0.3 is 29.8 Å². The van der Waals surface area contributed by atoms with Gasteiger partial charge in [0.15, 0.2) is 37.0 Å². The molecule has 0 radical (unpaired) electrons. The summed E-state index contributed by atoms with van der Waals surface area (Å²) in [6, 6.07) is -1.13. The Bertz CT molecular complexity index is 1080. The lowest BCUT2D eigenvalue weighted by Crippen LogP contribution is -2.69. The van der Waals surface area contributed by atoms with Crippen LogP contribution in [0.25, 0.3) is 0 Å². The Hall–Kier alpha value is -2.64. The van der Waals surface area contributed by atoms with Crippen molar-refractivity contribution in [3.8, 4) is 0 Å². The predicted molar refractivity (Wildman–Crippen MR) is 161 cm³/mol. The van der Waals surface area contributed by atoms with Crippen molar-refractivity contribution in [2.24, 2.45) is 0 Å². The number of thiol groups is 1. The molecular formula is C28H43NO15S2. The van der Waals surface area contributed by atoms with Gasteiger partial charge in [0.2, 0.25) is 5.91 Å². The molecular weight excluding hydrogens is 654 g/mol. The molecule has 0 bridgehead atoms. The predicted octanol–water partition coefficient (Wildman–Crippen LogP) is 0.316. The van der Waals surface area contributed by atoms with Crippen LogP contribution >= 0.6 is 24.4 Å². The van der Waals surface area contributed by atoms with Crippen LogP contribution in [0.4, 0.5) is 0 Å². The van der Waals surface area contributed by atoms with Crippen molar-refractivity contribution in [1.82, 2.24) is 5.32 Å². The molecule has 0 spiro atoms. The zero-order chi connectivity index (χ0) is 34.6. The fourth-order valence-electron chi connectivity index (χ4n) is 4.94. The fraction of sp³-hybridized carbons (Fsp3) is 0.786. The van der Waals surface area contributed by atoms with Crippen LogP contribution in [0.5, 0.6) is 0 Å². The van der Waals surface area contributed by atoms with Gasteiger partial charge in [-0.15, -0.1) is 0 Å². The maximum absolute atomic E-state index is 12.3. The molecule has 2 aliphatic heterocycles. The quantitative estimate of drug-likeness (QED) is 0.103. The lowest BCUT2D eigenvalue weighted by molar-refractivity contribution is -0.344. The SMILES string of the molecule is CO[C@@H]1O[C@H](COC(C)=O)[C@H](O[C@@H]2O[C@H](CSCCCS)[C@H](OC(C)=O)[C@H](OC(C)=O)[C@H]2OC(C)=O)[C@H](OC(C)=O)[C@H]1NC(C)=O. The van der Waals surface area contributed by atoms with E-state index in [-0.39, 0.29) is 5.75 Å². The standard InChI is InChI=1S/C28H43NO15S2/c1-13(30)29-21-24(39-16(4)33)22(19(11-37-14(2)31)42-27(21)36-7)44-28-26(41-18(6)35)25(40-17(5)34)23(38-15(3)32)20(43-28)12-46-10-8-9-45/h19-28,45H,8-12H2,1-7H3,(H,29,30)/t19-,20-,21-,22+,23+,24-,25+,26-,27-,28+/m1/s1. The Morgan fingerprint density at radius 2 is 1.24 bits per heavy atom. The first-order valence-electron chi connectivity index (χ1n) is 14.5. The molecule has 1 N–H and O–H groups in total. The third kappa shape index (κ3) is 12.2. The van der Waals surface area contributed by atoms with E-state index in [1.165, 1.54) is 32.7 Å². The molecule has 2 fully saturated rings. The van der Waals surface area contributed by atoms with Crippen molar-refractivity contribution >= 4 is 60.1 Å². The average Bonchev–Trinajstić information content (AvgIpc) is 2.94. The number of thioether (sulfide) groups is 1. The van der Waals surface area contributed by atoms with Gasteiger partial charge in [-0.05, 0) is 17.9 Å². The van der Waals surface area contributed by atoms with E-state index in [1.54, 1.807) is 0 Å². The summed E-state index contributed by atoms with van der Waals surface area (Å²) in [5, 5.41) is 2.63. The molecule has 0 aliphatic carbocycles. The Labute approximate surface area is 276 Å². The van der Waals surface area contributed by atoms with Crippen LogP contribution in [-0.4, -0.2) is 128 Å². The molecule has 2 rings (SSSR count). The molecule has 18 heteroatoms. The van der Waals surface area contributed by atoms with E-state index in [2.05, 4.69) is 17.9 Å². The third-order valence-corrected chi connectivity index (χ3v) is 7.98. The molecule has 0 aromatic rings. The summed E-state index contributed by atoms with van der Waals surface area (Å²) in [5.74, 6) is -2.72. The van der Waals surface area contributed by atoms with Crippen LogP contribution in [0.1, 0.15) is 48.0 Å². The molecule has 2 heterocycles. The van der Waals surface area contributed by atoms with Crippen LogP contribution in [0.3, 0.4) is 0 Å². The van der Waals surface area contributed by atoms with Gasteiger partial charge in [0.05, 0.1) is 0 Å². The zero-order valence-corrected chi connectivity index (χ0v) is 28.5. The first kappa shape index (κ1) is 39.5. The fourth-order valence-corrected chi connectivity index (χ4v) is 6.33. The Morgan fingerprint density at radius 1 is 0.696 bits per heavy atom. The minimum Gasteiger partial charge on any atom is -0.463 e. The summed E-state index contributed by atoms with van der Waals surface area (Å²) in [5.41, 5.74) is 0. The van der Waals surface area contributed by atoms with E-state index in [4.69, 9.17) is 42.6 Å². The van der Waals surface area contributed by atoms with Gasteiger partial charge in [-0.2, -0.15) is 24.4 Å². The molecule has 0 aromatic heterocycles. The summed E-state index contributed by atoms with van der Waals surface area (Å²) >= 11 is 5.67. The Kier molecular flexibility index (Phi) is 16.5. The second-order valence-electron chi connectivity index (χ2n) is 10.4. The molecule has 2 saturated heterocycles. The van der Waals surface area contributed by atoms with E-state index in [0.717, 1.165) is 34.1 Å². The lowest BCUT2D eigenvalue weighted by Gasteiger charge is -2.49. The van der Waals surface area contributed by atoms with Crippen LogP contribution in [0.2, 0.25) is 0 Å². The van der Waals surface area contributed by atoms with Crippen LogP contribution in [-0.2, 0) is 71.4 Å². The maximum Gasteiger partial charge on any atom is 0.303 e. The number of hydrogen-bond acceptors (Lipinski definition) is 17. The highest BCUT2D eigenvalue weighted by Gasteiger charge is 2.56. The van der Waals surface area contributed by atoms with Gasteiger partial charge in [-0.1, -0.05) is 0 Å². The van der Waals surface area contributed by atoms with Gasteiger partial charge < -0.3 is 47.9 Å². The summed E-state index contributed by atoms with van der Waals surface area (Å²) in [6.45, 7) is 6.52. The number of carbonyl (C=O) groups is 6. The summed E-state index contributed by atoms with van der Waals surface area (Å²) in [4.78, 5) is 73.1. The number of methoxy groups -OCH3 is 1. The highest BCUT2D eigenvalue weighted by Crippen LogP contribution is 2.35. The molecule has 16 nitrogen and oxygen atoms in total. The normalized spacial score (nSPS) is 30.8. The minimum atomic E-state index is -1.56. The minimum absolute atomic E-state index is 0.224. The molecule has 10 atom stereocenters. The second-order valence-corrected chi connectivity index (χ2v) is 12.0. The van der Waals surface area contributed by atoms with Crippen molar-refractivity contribution in [2.45, 2.75) is 109 Å². The van der Waals surface area contributed by atoms with E-state index in [0.29, 0.717) is 11.5 Å². The number of ether oxygens (including phenoxy) is 9. The number of rotatable bonds is 15. The smallest absolute Gasteiger partial charge is 0.303 e. The molecule has 0 saturated carbocycles. The van der Waals surface area contributed by atoms with E-state index >= 15 is 0 Å². The van der Waals surface area contributed by atoms with E-state index in [9.17, 15) is 28.8 Å². The van der Waals surface area contributed by atoms with Gasteiger partial charge in [0, 0.05) is 54.4 Å². The molecule has 1 amide bonds. The average molecular weight is 698 g/mol. The number of nitrogens with one attached hydrogen (secondary N) is 1. The van der Waals surface area contributed by atoms with Crippen molar-refractivity contribution in [1.29, 1.82) is 0 Å². The van der Waals surface area contributed by atoms with Gasteiger partial charge in [0.1, 0.15) is 31.0 Å². The monoisotopic (exact) mass is 697 g/mol. The number of hydrogen-bond donors (Lipinski definition) is 2. The van der Waals surface area contributed by atoms with Gasteiger partial charge in [-0.25, -0.2) is 0 Å². The molecule has 0 aromatic carbocycles. The highest BCUT2D eigenvalue weighted by atomic mass is 32.2. The van der Waals surface area contributed by atoms with Crippen molar-refractivity contribution < 1.29 is 71.4 Å². The van der Waals surface area contributed by atoms with Gasteiger partial charge in [-0.3, -0.25) is 28.8 Å². The third-order valence-electron chi connectivity index (χ3n) is 6.52. The Morgan fingerprint density at radius 3 is 1.76 bits per heavy atom. The molecule has 2 aliphatic rings. The van der Waals surface area contributed by atoms with Crippen LogP contribution < -0.4 is 5.32 Å². The van der Waals surface area contributed by atoms with Crippen LogP contribution in [0, 0.1) is 0 Å². The van der Waals surface area contributed by atoms with E-state index < -0.39 is 104 Å². The highest BCUT2D eigenvalue weighted by molar-refractivity contribution is 7.99. The summed E-state index contributed by atoms with van der Waals surface area (Å²) in [6.07, 6.45) is -11.0. The summed E-state index contributed by atoms with van der Waals surface area (Å²) < 4.78 is 51.5. The molecule has 262 valence electrons. The molecule has 46 heavy (non-hydrogen) atoms. The second kappa shape index (κ2) is 19.2. The van der Waals surface area contributed by atoms with Crippen LogP contribution in [0.15, 0.2) is 0 Å². The van der Waals surface area contributed by atoms with Crippen molar-refractivity contribution in [3.63, 3.8) is 0 Å². The topological polar surface area (TPSA) is 198 Å². The largest absolute Gasteiger partial charge is 0.463 e. The Balaban J connectivity index is 2.66. The maximum atomic E-state index is 12.3. The van der Waals surface area contributed by atoms with E-state index in [1.807, 2.05) is 0 Å². The lowest BCUT2D eigenvalue weighted by atomic mass is 9.95. The van der Waals surface area contributed by atoms with Crippen molar-refractivity contribution in [3.05, 3.63) is 0 Å². The number of carbonyl (C=O) groups excluding carboxylic acids is 6.